The van der Waals surface area contributed by atoms with Crippen LogP contribution in [0.5, 0.6) is 5.75 Å². The van der Waals surface area contributed by atoms with E-state index in [1.54, 1.807) is 23.9 Å². The highest BCUT2D eigenvalue weighted by atomic mass is 32.2. The molecule has 3 rings (SSSR count). The number of para-hydroxylation sites is 1. The van der Waals surface area contributed by atoms with Crippen molar-refractivity contribution < 1.29 is 14.6 Å². The molecule has 3 nitrogen and oxygen atoms in total. The van der Waals surface area contributed by atoms with Crippen molar-refractivity contribution in [2.24, 2.45) is 0 Å². The summed E-state index contributed by atoms with van der Waals surface area (Å²) < 4.78 is 5.97. The van der Waals surface area contributed by atoms with Crippen LogP contribution in [0.25, 0.3) is 0 Å². The van der Waals surface area contributed by atoms with Crippen LogP contribution in [-0.4, -0.2) is 11.1 Å². The zero-order valence-electron chi connectivity index (χ0n) is 13.6. The SMILES string of the molecule is O=C(O)c1ccc(SCc2ccccc2OCc2ccccc2)cc1. The Morgan fingerprint density at radius 1 is 0.880 bits per heavy atom. The van der Waals surface area contributed by atoms with Crippen LogP contribution in [0.4, 0.5) is 0 Å². The highest BCUT2D eigenvalue weighted by Gasteiger charge is 2.06. The highest BCUT2D eigenvalue weighted by molar-refractivity contribution is 7.98. The highest BCUT2D eigenvalue weighted by Crippen LogP contribution is 2.28. The maximum atomic E-state index is 10.9. The van der Waals surface area contributed by atoms with Gasteiger partial charge in [-0.1, -0.05) is 48.5 Å². The second kappa shape index (κ2) is 8.40. The van der Waals surface area contributed by atoms with E-state index >= 15 is 0 Å². The first-order chi connectivity index (χ1) is 12.2. The van der Waals surface area contributed by atoms with Crippen LogP contribution in [0.3, 0.4) is 0 Å². The average Bonchev–Trinajstić information content (AvgIpc) is 2.66. The summed E-state index contributed by atoms with van der Waals surface area (Å²) in [7, 11) is 0. The van der Waals surface area contributed by atoms with Gasteiger partial charge >= 0.3 is 5.97 Å². The lowest BCUT2D eigenvalue weighted by atomic mass is 10.2. The summed E-state index contributed by atoms with van der Waals surface area (Å²) in [6, 6.07) is 25.0. The van der Waals surface area contributed by atoms with E-state index in [9.17, 15) is 4.79 Å². The van der Waals surface area contributed by atoms with Crippen LogP contribution in [0.2, 0.25) is 0 Å². The lowest BCUT2D eigenvalue weighted by molar-refractivity contribution is 0.0697. The molecule has 126 valence electrons. The van der Waals surface area contributed by atoms with Gasteiger partial charge in [-0.25, -0.2) is 4.79 Å². The minimum absolute atomic E-state index is 0.302. The van der Waals surface area contributed by atoms with Gasteiger partial charge in [-0.3, -0.25) is 0 Å². The van der Waals surface area contributed by atoms with Crippen LogP contribution in [-0.2, 0) is 12.4 Å². The number of benzene rings is 3. The van der Waals surface area contributed by atoms with Crippen LogP contribution >= 0.6 is 11.8 Å². The molecular weight excluding hydrogens is 332 g/mol. The fraction of sp³-hybridized carbons (Fsp3) is 0.0952. The smallest absolute Gasteiger partial charge is 0.335 e. The maximum Gasteiger partial charge on any atom is 0.335 e. The molecule has 0 saturated carbocycles. The lowest BCUT2D eigenvalue weighted by Crippen LogP contribution is -1.98. The molecule has 0 radical (unpaired) electrons. The van der Waals surface area contributed by atoms with Crippen LogP contribution in [0.15, 0.2) is 83.8 Å². The third-order valence-corrected chi connectivity index (χ3v) is 4.77. The van der Waals surface area contributed by atoms with Crippen molar-refractivity contribution in [2.75, 3.05) is 0 Å². The average molecular weight is 350 g/mol. The molecule has 0 amide bonds. The standard InChI is InChI=1S/C21H18O3S/c22-21(23)17-10-12-19(13-11-17)25-15-18-8-4-5-9-20(18)24-14-16-6-2-1-3-7-16/h1-13H,14-15H2,(H,22,23). The summed E-state index contributed by atoms with van der Waals surface area (Å²) in [6.07, 6.45) is 0. The molecule has 0 aliphatic carbocycles. The minimum atomic E-state index is -0.906. The number of thioether (sulfide) groups is 1. The maximum absolute atomic E-state index is 10.9. The molecule has 3 aromatic carbocycles. The Hall–Kier alpha value is -2.72. The number of hydrogen-bond acceptors (Lipinski definition) is 3. The summed E-state index contributed by atoms with van der Waals surface area (Å²) in [5, 5.41) is 8.95. The third-order valence-electron chi connectivity index (χ3n) is 3.71. The van der Waals surface area contributed by atoms with Crippen molar-refractivity contribution in [3.63, 3.8) is 0 Å². The molecule has 0 unspecified atom stereocenters. The van der Waals surface area contributed by atoms with Gasteiger partial charge in [0, 0.05) is 16.2 Å². The van der Waals surface area contributed by atoms with Gasteiger partial charge in [0.15, 0.2) is 0 Å². The summed E-state index contributed by atoms with van der Waals surface area (Å²) in [5.74, 6) is 0.731. The summed E-state index contributed by atoms with van der Waals surface area (Å²) in [5.41, 5.74) is 2.55. The van der Waals surface area contributed by atoms with Gasteiger partial charge in [0.1, 0.15) is 12.4 Å². The fourth-order valence-corrected chi connectivity index (χ4v) is 3.24. The molecule has 3 aromatic rings. The number of aromatic carboxylic acids is 1. The minimum Gasteiger partial charge on any atom is -0.489 e. The van der Waals surface area contributed by atoms with E-state index in [4.69, 9.17) is 9.84 Å². The molecule has 0 heterocycles. The van der Waals surface area contributed by atoms with E-state index in [0.717, 1.165) is 27.5 Å². The fourth-order valence-electron chi connectivity index (χ4n) is 2.35. The van der Waals surface area contributed by atoms with E-state index in [0.29, 0.717) is 12.2 Å². The Bertz CT molecular complexity index is 829. The molecule has 0 fully saturated rings. The van der Waals surface area contributed by atoms with Crippen molar-refractivity contribution in [1.29, 1.82) is 0 Å². The topological polar surface area (TPSA) is 46.5 Å². The summed E-state index contributed by atoms with van der Waals surface area (Å²) >= 11 is 1.66. The molecule has 0 spiro atoms. The van der Waals surface area contributed by atoms with Gasteiger partial charge < -0.3 is 9.84 Å². The molecular formula is C21H18O3S. The zero-order valence-corrected chi connectivity index (χ0v) is 14.4. The van der Waals surface area contributed by atoms with Gasteiger partial charge in [-0.15, -0.1) is 11.8 Å². The van der Waals surface area contributed by atoms with Gasteiger partial charge in [-0.05, 0) is 35.9 Å². The van der Waals surface area contributed by atoms with Crippen LogP contribution < -0.4 is 4.74 Å². The molecule has 0 aliphatic heterocycles. The Morgan fingerprint density at radius 3 is 2.28 bits per heavy atom. The van der Waals surface area contributed by atoms with Gasteiger partial charge in [0.05, 0.1) is 5.56 Å². The van der Waals surface area contributed by atoms with Gasteiger partial charge in [-0.2, -0.15) is 0 Å². The van der Waals surface area contributed by atoms with Crippen molar-refractivity contribution in [3.05, 3.63) is 95.6 Å². The number of rotatable bonds is 7. The second-order valence-corrected chi connectivity index (χ2v) is 6.55. The van der Waals surface area contributed by atoms with Crippen LogP contribution in [0, 0.1) is 0 Å². The van der Waals surface area contributed by atoms with Crippen molar-refractivity contribution in [1.82, 2.24) is 0 Å². The summed E-state index contributed by atoms with van der Waals surface area (Å²) in [4.78, 5) is 11.9. The van der Waals surface area contributed by atoms with E-state index in [1.807, 2.05) is 60.7 Å². The van der Waals surface area contributed by atoms with Gasteiger partial charge in [0.25, 0.3) is 0 Å². The van der Waals surface area contributed by atoms with Crippen molar-refractivity contribution in [3.8, 4) is 5.75 Å². The Balaban J connectivity index is 1.63. The second-order valence-electron chi connectivity index (χ2n) is 5.50. The Labute approximate surface area is 151 Å². The molecule has 0 bridgehead atoms. The third kappa shape index (κ3) is 4.88. The van der Waals surface area contributed by atoms with E-state index in [2.05, 4.69) is 6.07 Å². The monoisotopic (exact) mass is 350 g/mol. The van der Waals surface area contributed by atoms with E-state index in [1.165, 1.54) is 0 Å². The van der Waals surface area contributed by atoms with Crippen LogP contribution in [0.1, 0.15) is 21.5 Å². The zero-order chi connectivity index (χ0) is 17.5. The van der Waals surface area contributed by atoms with Gasteiger partial charge in [0.2, 0.25) is 0 Å². The summed E-state index contributed by atoms with van der Waals surface area (Å²) in [6.45, 7) is 0.538. The Morgan fingerprint density at radius 2 is 1.56 bits per heavy atom. The lowest BCUT2D eigenvalue weighted by Gasteiger charge is -2.11. The number of carboxylic acids is 1. The first kappa shape index (κ1) is 17.1. The number of hydrogen-bond donors (Lipinski definition) is 1. The molecule has 25 heavy (non-hydrogen) atoms. The number of ether oxygens (including phenoxy) is 1. The number of carboxylic acid groups (broad SMARTS) is 1. The molecule has 0 aliphatic rings. The molecule has 4 heteroatoms. The molecule has 0 atom stereocenters. The predicted octanol–water partition coefficient (Wildman–Crippen LogP) is 5.26. The number of carbonyl (C=O) groups is 1. The Kier molecular flexibility index (Phi) is 5.75. The largest absolute Gasteiger partial charge is 0.489 e. The van der Waals surface area contributed by atoms with Crippen molar-refractivity contribution in [2.45, 2.75) is 17.3 Å². The van der Waals surface area contributed by atoms with E-state index in [-0.39, 0.29) is 0 Å². The molecule has 1 N–H and O–H groups in total. The quantitative estimate of drug-likeness (QED) is 0.591. The van der Waals surface area contributed by atoms with E-state index < -0.39 is 5.97 Å². The molecule has 0 aromatic heterocycles. The normalized spacial score (nSPS) is 10.4. The first-order valence-corrected chi connectivity index (χ1v) is 8.92. The first-order valence-electron chi connectivity index (χ1n) is 7.93. The van der Waals surface area contributed by atoms with Crippen molar-refractivity contribution >= 4 is 17.7 Å². The molecule has 0 saturated heterocycles. The predicted molar refractivity (Wildman–Crippen MR) is 100 cm³/mol.